The highest BCUT2D eigenvalue weighted by atomic mass is 19.1. The Labute approximate surface area is 126 Å². The van der Waals surface area contributed by atoms with Gasteiger partial charge in [-0.1, -0.05) is 0 Å². The molecule has 3 rings (SSSR count). The topological polar surface area (TPSA) is 12.0 Å². The van der Waals surface area contributed by atoms with Crippen molar-refractivity contribution in [3.63, 3.8) is 0 Å². The van der Waals surface area contributed by atoms with Gasteiger partial charge in [-0.3, -0.25) is 0 Å². The van der Waals surface area contributed by atoms with Gasteiger partial charge in [0.25, 0.3) is 0 Å². The fourth-order valence-electron chi connectivity index (χ4n) is 3.16. The number of nitrogens with one attached hydrogen (secondary N) is 1. The molecule has 0 radical (unpaired) electrons. The highest BCUT2D eigenvalue weighted by molar-refractivity contribution is 5.36. The molecule has 2 aromatic carbocycles. The van der Waals surface area contributed by atoms with E-state index >= 15 is 0 Å². The molecule has 5 heteroatoms. The van der Waals surface area contributed by atoms with Gasteiger partial charge in [0, 0.05) is 24.1 Å². The van der Waals surface area contributed by atoms with E-state index in [4.69, 9.17) is 0 Å². The van der Waals surface area contributed by atoms with E-state index in [9.17, 15) is 17.6 Å². The smallest absolute Gasteiger partial charge is 0.126 e. The number of benzene rings is 2. The number of halogens is 4. The average molecular weight is 309 g/mol. The van der Waals surface area contributed by atoms with E-state index in [-0.39, 0.29) is 6.04 Å². The van der Waals surface area contributed by atoms with Crippen molar-refractivity contribution >= 4 is 0 Å². The standard InChI is InChI=1S/C17H15F4N/c18-12-4-10(5-13(19)8-12)17(16-2-1-3-22-16)11-6-14(20)9-15(21)7-11/h4-9,16-17,22H,1-3H2/t16-/m1/s1. The molecule has 1 N–H and O–H groups in total. The van der Waals surface area contributed by atoms with Crippen LogP contribution in [0.2, 0.25) is 0 Å². The summed E-state index contributed by atoms with van der Waals surface area (Å²) in [4.78, 5) is 0. The molecule has 0 aromatic heterocycles. The third-order valence-electron chi connectivity index (χ3n) is 3.99. The van der Waals surface area contributed by atoms with Crippen LogP contribution in [0.25, 0.3) is 0 Å². The first-order chi connectivity index (χ1) is 10.5. The van der Waals surface area contributed by atoms with Gasteiger partial charge in [-0.15, -0.1) is 0 Å². The van der Waals surface area contributed by atoms with Crippen LogP contribution in [-0.4, -0.2) is 12.6 Å². The Morgan fingerprint density at radius 2 is 1.23 bits per heavy atom. The lowest BCUT2D eigenvalue weighted by molar-refractivity contribution is 0.518. The maximum Gasteiger partial charge on any atom is 0.126 e. The predicted octanol–water partition coefficient (Wildman–Crippen LogP) is 4.13. The van der Waals surface area contributed by atoms with E-state index in [1.54, 1.807) is 0 Å². The molecule has 22 heavy (non-hydrogen) atoms. The van der Waals surface area contributed by atoms with Crippen LogP contribution < -0.4 is 5.32 Å². The van der Waals surface area contributed by atoms with E-state index in [2.05, 4.69) is 5.32 Å². The Morgan fingerprint density at radius 1 is 0.773 bits per heavy atom. The van der Waals surface area contributed by atoms with E-state index in [0.717, 1.165) is 31.5 Å². The zero-order valence-electron chi connectivity index (χ0n) is 11.8. The van der Waals surface area contributed by atoms with E-state index in [1.807, 2.05) is 0 Å². The molecule has 1 atom stereocenters. The number of rotatable bonds is 3. The first-order valence-corrected chi connectivity index (χ1v) is 7.18. The van der Waals surface area contributed by atoms with Gasteiger partial charge in [0.1, 0.15) is 23.3 Å². The number of hydrogen-bond acceptors (Lipinski definition) is 1. The van der Waals surface area contributed by atoms with Crippen LogP contribution in [0.5, 0.6) is 0 Å². The van der Waals surface area contributed by atoms with Gasteiger partial charge in [-0.05, 0) is 54.8 Å². The summed E-state index contributed by atoms with van der Waals surface area (Å²) in [6, 6.07) is 6.34. The molecule has 116 valence electrons. The van der Waals surface area contributed by atoms with Crippen LogP contribution in [0.1, 0.15) is 29.9 Å². The van der Waals surface area contributed by atoms with Crippen molar-refractivity contribution < 1.29 is 17.6 Å². The highest BCUT2D eigenvalue weighted by Crippen LogP contribution is 2.33. The normalized spacial score (nSPS) is 18.1. The van der Waals surface area contributed by atoms with Gasteiger partial charge in [-0.2, -0.15) is 0 Å². The van der Waals surface area contributed by atoms with Crippen molar-refractivity contribution in [2.45, 2.75) is 24.8 Å². The van der Waals surface area contributed by atoms with Crippen molar-refractivity contribution in [1.82, 2.24) is 5.32 Å². The Balaban J connectivity index is 2.10. The lowest BCUT2D eigenvalue weighted by Crippen LogP contribution is -2.30. The predicted molar refractivity (Wildman–Crippen MR) is 75.6 cm³/mol. The minimum absolute atomic E-state index is 0.109. The van der Waals surface area contributed by atoms with Crippen molar-refractivity contribution in [2.75, 3.05) is 6.54 Å². The molecule has 1 fully saturated rings. The zero-order valence-corrected chi connectivity index (χ0v) is 11.8. The third-order valence-corrected chi connectivity index (χ3v) is 3.99. The fourth-order valence-corrected chi connectivity index (χ4v) is 3.16. The van der Waals surface area contributed by atoms with Gasteiger partial charge in [0.05, 0.1) is 0 Å². The largest absolute Gasteiger partial charge is 0.313 e. The van der Waals surface area contributed by atoms with Crippen LogP contribution in [0.15, 0.2) is 36.4 Å². The first kappa shape index (κ1) is 15.0. The molecule has 0 aliphatic carbocycles. The zero-order chi connectivity index (χ0) is 15.7. The van der Waals surface area contributed by atoms with Crippen LogP contribution in [0.3, 0.4) is 0 Å². The summed E-state index contributed by atoms with van der Waals surface area (Å²) >= 11 is 0. The highest BCUT2D eigenvalue weighted by Gasteiger charge is 2.29. The SMILES string of the molecule is Fc1cc(F)cc(C(c2cc(F)cc(F)c2)[C@H]2CCCN2)c1. The average Bonchev–Trinajstić information content (AvgIpc) is 2.90. The molecule has 1 aliphatic heterocycles. The van der Waals surface area contributed by atoms with Gasteiger partial charge in [0.15, 0.2) is 0 Å². The molecule has 0 saturated carbocycles. The molecule has 0 unspecified atom stereocenters. The maximum atomic E-state index is 13.5. The number of hydrogen-bond donors (Lipinski definition) is 1. The Bertz CT molecular complexity index is 588. The summed E-state index contributed by atoms with van der Waals surface area (Å²) in [5.74, 6) is -3.30. The Hall–Kier alpha value is -1.88. The van der Waals surface area contributed by atoms with E-state index in [1.165, 1.54) is 24.3 Å². The minimum atomic E-state index is -0.699. The molecule has 2 aromatic rings. The first-order valence-electron chi connectivity index (χ1n) is 7.18. The Kier molecular flexibility index (Phi) is 4.16. The molecular formula is C17H15F4N. The molecule has 0 spiro atoms. The molecule has 1 saturated heterocycles. The van der Waals surface area contributed by atoms with Crippen LogP contribution in [0, 0.1) is 23.3 Å². The van der Waals surface area contributed by atoms with Crippen molar-refractivity contribution in [3.8, 4) is 0 Å². The van der Waals surface area contributed by atoms with Gasteiger partial charge >= 0.3 is 0 Å². The van der Waals surface area contributed by atoms with Gasteiger partial charge in [0.2, 0.25) is 0 Å². The van der Waals surface area contributed by atoms with Crippen LogP contribution in [-0.2, 0) is 0 Å². The molecule has 0 bridgehead atoms. The molecule has 1 nitrogen and oxygen atoms in total. The van der Waals surface area contributed by atoms with Crippen LogP contribution in [0.4, 0.5) is 17.6 Å². The van der Waals surface area contributed by atoms with Crippen molar-refractivity contribution in [3.05, 3.63) is 70.8 Å². The van der Waals surface area contributed by atoms with Gasteiger partial charge in [-0.25, -0.2) is 17.6 Å². The summed E-state index contributed by atoms with van der Waals surface area (Å²) in [5.41, 5.74) is 0.754. The second-order valence-corrected chi connectivity index (χ2v) is 5.59. The molecule has 1 aliphatic rings. The summed E-state index contributed by atoms with van der Waals surface area (Å²) in [7, 11) is 0. The second kappa shape index (κ2) is 6.08. The lowest BCUT2D eigenvalue weighted by atomic mass is 9.84. The molecule has 0 amide bonds. The van der Waals surface area contributed by atoms with E-state index in [0.29, 0.717) is 11.1 Å². The monoisotopic (exact) mass is 309 g/mol. The van der Waals surface area contributed by atoms with Crippen LogP contribution >= 0.6 is 0 Å². The Morgan fingerprint density at radius 3 is 1.59 bits per heavy atom. The molecule has 1 heterocycles. The summed E-state index contributed by atoms with van der Waals surface area (Å²) in [6.45, 7) is 0.775. The summed E-state index contributed by atoms with van der Waals surface area (Å²) < 4.78 is 54.2. The van der Waals surface area contributed by atoms with Crippen molar-refractivity contribution in [2.24, 2.45) is 0 Å². The second-order valence-electron chi connectivity index (χ2n) is 5.59. The van der Waals surface area contributed by atoms with Crippen molar-refractivity contribution in [1.29, 1.82) is 0 Å². The van der Waals surface area contributed by atoms with Gasteiger partial charge < -0.3 is 5.32 Å². The summed E-state index contributed by atoms with van der Waals surface area (Å²) in [5, 5.41) is 3.24. The lowest BCUT2D eigenvalue weighted by Gasteiger charge is -2.25. The molecular weight excluding hydrogens is 294 g/mol. The quantitative estimate of drug-likeness (QED) is 0.841. The summed E-state index contributed by atoms with van der Waals surface area (Å²) in [6.07, 6.45) is 1.69. The third kappa shape index (κ3) is 3.14. The maximum absolute atomic E-state index is 13.5. The van der Waals surface area contributed by atoms with E-state index < -0.39 is 29.2 Å². The minimum Gasteiger partial charge on any atom is -0.313 e. The fraction of sp³-hybridized carbons (Fsp3) is 0.294.